The first kappa shape index (κ1) is 44.0. The van der Waals surface area contributed by atoms with Gasteiger partial charge in [0.1, 0.15) is 12.4 Å². The number of ether oxygens (including phenoxy) is 12. The van der Waals surface area contributed by atoms with Crippen LogP contribution >= 0.6 is 0 Å². The average Bonchev–Trinajstić information content (AvgIpc) is 3.10. The molecule has 0 N–H and O–H groups in total. The van der Waals surface area contributed by atoms with E-state index in [2.05, 4.69) is 13.8 Å². The monoisotopic (exact) mass is 693 g/mol. The van der Waals surface area contributed by atoms with Crippen molar-refractivity contribution in [2.75, 3.05) is 152 Å². The Kier molecular flexibility index (Phi) is 31.9. The van der Waals surface area contributed by atoms with Crippen molar-refractivity contribution in [2.24, 2.45) is 5.92 Å². The van der Waals surface area contributed by atoms with Crippen LogP contribution in [-0.2, 0) is 52.1 Å². The predicted molar refractivity (Wildman–Crippen MR) is 177 cm³/mol. The molecule has 0 aliphatic rings. The van der Waals surface area contributed by atoms with E-state index < -0.39 is 4.92 Å². The zero-order chi connectivity index (χ0) is 34.6. The molecule has 1 aromatic rings. The van der Waals surface area contributed by atoms with Gasteiger partial charge in [-0.15, -0.1) is 0 Å². The first-order valence-corrected chi connectivity index (χ1v) is 16.9. The van der Waals surface area contributed by atoms with Crippen LogP contribution in [-0.4, -0.2) is 157 Å². The quantitative estimate of drug-likeness (QED) is 0.0566. The first-order chi connectivity index (χ1) is 23.6. The van der Waals surface area contributed by atoms with Crippen molar-refractivity contribution in [3.63, 3.8) is 0 Å². The summed E-state index contributed by atoms with van der Waals surface area (Å²) >= 11 is 0. The van der Waals surface area contributed by atoms with Crippen molar-refractivity contribution in [1.29, 1.82) is 0 Å². The number of rotatable bonds is 38. The van der Waals surface area contributed by atoms with Gasteiger partial charge in [-0.3, -0.25) is 10.1 Å². The summed E-state index contributed by atoms with van der Waals surface area (Å²) in [6.45, 7) is 16.0. The normalized spacial score (nSPS) is 12.0. The fourth-order valence-electron chi connectivity index (χ4n) is 3.48. The molecule has 0 fully saturated rings. The molecular weight excluding hydrogens is 634 g/mol. The van der Waals surface area contributed by atoms with Crippen molar-refractivity contribution >= 4 is 5.69 Å². The maximum atomic E-state index is 10.6. The minimum absolute atomic E-state index is 0.0260. The highest BCUT2D eigenvalue weighted by Crippen LogP contribution is 2.17. The summed E-state index contributed by atoms with van der Waals surface area (Å²) in [5.41, 5.74) is 0.0260. The smallest absolute Gasteiger partial charge is 0.269 e. The second kappa shape index (κ2) is 34.8. The summed E-state index contributed by atoms with van der Waals surface area (Å²) in [5.74, 6) is 1.15. The molecule has 0 saturated heterocycles. The Morgan fingerprint density at radius 3 is 1.02 bits per heavy atom. The molecule has 0 amide bonds. The molecule has 0 saturated carbocycles. The zero-order valence-corrected chi connectivity index (χ0v) is 29.0. The van der Waals surface area contributed by atoms with E-state index in [9.17, 15) is 10.1 Å². The lowest BCUT2D eigenvalue weighted by atomic mass is 10.1. The van der Waals surface area contributed by atoms with E-state index in [0.717, 1.165) is 13.0 Å². The third kappa shape index (κ3) is 30.1. The van der Waals surface area contributed by atoms with Gasteiger partial charge in [0.15, 0.2) is 0 Å². The summed E-state index contributed by atoms with van der Waals surface area (Å²) in [4.78, 5) is 10.2. The van der Waals surface area contributed by atoms with Gasteiger partial charge in [-0.05, 0) is 18.1 Å². The molecule has 0 heterocycles. The molecule has 15 nitrogen and oxygen atoms in total. The molecule has 0 aliphatic heterocycles. The molecule has 1 unspecified atom stereocenters. The third-order valence-electron chi connectivity index (χ3n) is 6.36. The lowest BCUT2D eigenvalue weighted by Gasteiger charge is -2.10. The van der Waals surface area contributed by atoms with Crippen LogP contribution in [0.25, 0.3) is 0 Å². The summed E-state index contributed by atoms with van der Waals surface area (Å²) in [7, 11) is 0. The van der Waals surface area contributed by atoms with Gasteiger partial charge in [0.2, 0.25) is 0 Å². The third-order valence-corrected chi connectivity index (χ3v) is 6.36. The van der Waals surface area contributed by atoms with Gasteiger partial charge in [-0.2, -0.15) is 0 Å². The van der Waals surface area contributed by atoms with E-state index >= 15 is 0 Å². The number of nitro benzene ring substituents is 1. The van der Waals surface area contributed by atoms with Crippen LogP contribution in [0.5, 0.6) is 5.75 Å². The minimum Gasteiger partial charge on any atom is -0.491 e. The lowest BCUT2D eigenvalue weighted by molar-refractivity contribution is -0.384. The second-order valence-electron chi connectivity index (χ2n) is 10.3. The number of nitro groups is 1. The van der Waals surface area contributed by atoms with Crippen molar-refractivity contribution in [2.45, 2.75) is 20.3 Å². The van der Waals surface area contributed by atoms with Crippen LogP contribution in [0.1, 0.15) is 20.3 Å². The molecule has 0 bridgehead atoms. The Hall–Kier alpha value is -2.02. The van der Waals surface area contributed by atoms with Crippen LogP contribution in [0.4, 0.5) is 5.69 Å². The molecule has 0 aromatic heterocycles. The minimum atomic E-state index is -0.451. The maximum Gasteiger partial charge on any atom is 0.269 e. The van der Waals surface area contributed by atoms with E-state index in [1.165, 1.54) is 12.1 Å². The first-order valence-electron chi connectivity index (χ1n) is 16.9. The van der Waals surface area contributed by atoms with Crippen molar-refractivity contribution < 1.29 is 61.8 Å². The predicted octanol–water partition coefficient (Wildman–Crippen LogP) is 3.20. The molecule has 0 spiro atoms. The highest BCUT2D eigenvalue weighted by atomic mass is 16.6. The standard InChI is InChI=1S/C33H59NO14/c1-3-31(2)30-47-27-26-45-23-22-43-19-18-41-15-14-39-11-10-37-8-9-38-12-13-40-16-17-42-20-21-44-24-25-46-28-29-48-33-6-4-32(5-7-33)34(35)36/h4-7,31H,3,8-30H2,1-2H3. The summed E-state index contributed by atoms with van der Waals surface area (Å²) < 4.78 is 65.6. The van der Waals surface area contributed by atoms with Gasteiger partial charge in [-0.25, -0.2) is 0 Å². The van der Waals surface area contributed by atoms with E-state index in [0.29, 0.717) is 157 Å². The average molecular weight is 694 g/mol. The molecule has 280 valence electrons. The van der Waals surface area contributed by atoms with Crippen LogP contribution in [0, 0.1) is 16.0 Å². The Balaban J connectivity index is 1.65. The molecule has 1 rings (SSSR count). The lowest BCUT2D eigenvalue weighted by Crippen LogP contribution is -2.15. The van der Waals surface area contributed by atoms with E-state index in [1.54, 1.807) is 12.1 Å². The number of benzene rings is 1. The maximum absolute atomic E-state index is 10.6. The number of hydrogen-bond donors (Lipinski definition) is 0. The van der Waals surface area contributed by atoms with Gasteiger partial charge in [0.25, 0.3) is 5.69 Å². The molecule has 0 radical (unpaired) electrons. The van der Waals surface area contributed by atoms with Gasteiger partial charge >= 0.3 is 0 Å². The molecular formula is C33H59NO14. The van der Waals surface area contributed by atoms with Gasteiger partial charge in [0, 0.05) is 18.7 Å². The Labute approximate surface area is 285 Å². The Morgan fingerprint density at radius 2 is 0.750 bits per heavy atom. The number of hydrogen-bond acceptors (Lipinski definition) is 14. The highest BCUT2D eigenvalue weighted by molar-refractivity contribution is 5.35. The van der Waals surface area contributed by atoms with E-state index in [-0.39, 0.29) is 5.69 Å². The van der Waals surface area contributed by atoms with Gasteiger partial charge in [-0.1, -0.05) is 20.3 Å². The fraction of sp³-hybridized carbons (Fsp3) is 0.818. The summed E-state index contributed by atoms with van der Waals surface area (Å²) in [6.07, 6.45) is 1.13. The SMILES string of the molecule is CCC(C)COCCOCCOCCOCCOCCOCCOCCOCCOCCOCCOCCOc1ccc([N+](=O)[O-])cc1. The Morgan fingerprint density at radius 1 is 0.479 bits per heavy atom. The van der Waals surface area contributed by atoms with Crippen molar-refractivity contribution in [3.8, 4) is 5.75 Å². The molecule has 15 heteroatoms. The van der Waals surface area contributed by atoms with Crippen molar-refractivity contribution in [1.82, 2.24) is 0 Å². The largest absolute Gasteiger partial charge is 0.491 e. The molecule has 1 aromatic carbocycles. The van der Waals surface area contributed by atoms with Gasteiger partial charge in [0.05, 0.1) is 144 Å². The van der Waals surface area contributed by atoms with E-state index in [1.807, 2.05) is 0 Å². The van der Waals surface area contributed by atoms with Gasteiger partial charge < -0.3 is 56.8 Å². The van der Waals surface area contributed by atoms with Crippen LogP contribution in [0.15, 0.2) is 24.3 Å². The van der Waals surface area contributed by atoms with Crippen LogP contribution < -0.4 is 4.74 Å². The highest BCUT2D eigenvalue weighted by Gasteiger charge is 2.04. The summed E-state index contributed by atoms with van der Waals surface area (Å²) in [5, 5.41) is 10.6. The second-order valence-corrected chi connectivity index (χ2v) is 10.3. The number of nitrogens with zero attached hydrogens (tertiary/aromatic N) is 1. The zero-order valence-electron chi connectivity index (χ0n) is 29.0. The van der Waals surface area contributed by atoms with Crippen LogP contribution in [0.3, 0.4) is 0 Å². The molecule has 1 atom stereocenters. The van der Waals surface area contributed by atoms with Crippen LogP contribution in [0.2, 0.25) is 0 Å². The fourth-order valence-corrected chi connectivity index (χ4v) is 3.48. The van der Waals surface area contributed by atoms with E-state index in [4.69, 9.17) is 56.8 Å². The summed E-state index contributed by atoms with van der Waals surface area (Å²) in [6, 6.07) is 5.91. The molecule has 0 aliphatic carbocycles. The Bertz CT molecular complexity index is 820. The van der Waals surface area contributed by atoms with Crippen molar-refractivity contribution in [3.05, 3.63) is 34.4 Å². The topological polar surface area (TPSA) is 154 Å². The number of non-ortho nitro benzene ring substituents is 1. The molecule has 48 heavy (non-hydrogen) atoms.